The van der Waals surface area contributed by atoms with Crippen LogP contribution in [0.25, 0.3) is 0 Å². The lowest BCUT2D eigenvalue weighted by molar-refractivity contribution is -0.181. The van der Waals surface area contributed by atoms with E-state index in [-0.39, 0.29) is 24.6 Å². The second-order valence-corrected chi connectivity index (χ2v) is 16.0. The fourth-order valence-corrected chi connectivity index (χ4v) is 8.86. The first kappa shape index (κ1) is 34.4. The number of ether oxygens (including phenoxy) is 1. The van der Waals surface area contributed by atoms with Crippen molar-refractivity contribution in [2.45, 2.75) is 61.6 Å². The number of nitrogens with one attached hydrogen (secondary N) is 1. The maximum atomic E-state index is 15.4. The summed E-state index contributed by atoms with van der Waals surface area (Å²) in [5.41, 5.74) is 1.29. The topological polar surface area (TPSA) is 109 Å². The third-order valence-corrected chi connectivity index (χ3v) is 12.1. The number of hydrogen-bond donors (Lipinski definition) is 1. The van der Waals surface area contributed by atoms with Crippen molar-refractivity contribution in [2.75, 3.05) is 16.2 Å². The molecule has 0 bridgehead atoms. The van der Waals surface area contributed by atoms with Crippen molar-refractivity contribution in [1.82, 2.24) is 9.88 Å². The summed E-state index contributed by atoms with van der Waals surface area (Å²) in [6.07, 6.45) is 1.60. The SMILES string of the molecule is O=C(C[C@H]1O[C@H](c2cccc(Cl)c2)[C@@H](c2ccc(Cl)cc2)N([C@H](CN(c2ccccc2F)S(=O)(=O)C2CC2)C2CC2)C1=O)Nc1ccccn1. The molecule has 7 rings (SSSR count). The number of carbonyl (C=O) groups excluding carboxylic acids is 2. The van der Waals surface area contributed by atoms with Gasteiger partial charge in [0.05, 0.1) is 36.0 Å². The van der Waals surface area contributed by atoms with Gasteiger partial charge in [-0.25, -0.2) is 17.8 Å². The van der Waals surface area contributed by atoms with Crippen LogP contribution in [-0.4, -0.2) is 54.1 Å². The van der Waals surface area contributed by atoms with E-state index in [1.807, 2.05) is 18.2 Å². The van der Waals surface area contributed by atoms with E-state index < -0.39 is 57.2 Å². The first-order valence-corrected chi connectivity index (χ1v) is 18.8. The van der Waals surface area contributed by atoms with Crippen LogP contribution >= 0.6 is 23.2 Å². The highest BCUT2D eigenvalue weighted by molar-refractivity contribution is 7.93. The molecule has 3 aliphatic rings. The highest BCUT2D eigenvalue weighted by Gasteiger charge is 2.52. The summed E-state index contributed by atoms with van der Waals surface area (Å²) < 4.78 is 51.2. The van der Waals surface area contributed by atoms with E-state index in [2.05, 4.69) is 10.3 Å². The maximum absolute atomic E-state index is 15.4. The van der Waals surface area contributed by atoms with Crippen molar-refractivity contribution in [3.05, 3.63) is 124 Å². The molecule has 2 saturated carbocycles. The zero-order chi connectivity index (χ0) is 35.0. The van der Waals surface area contributed by atoms with E-state index in [9.17, 15) is 18.0 Å². The lowest BCUT2D eigenvalue weighted by Crippen LogP contribution is -2.59. The van der Waals surface area contributed by atoms with Crippen molar-refractivity contribution < 1.29 is 27.1 Å². The molecule has 0 unspecified atom stereocenters. The summed E-state index contributed by atoms with van der Waals surface area (Å²) in [5.74, 6) is -1.39. The quantitative estimate of drug-likeness (QED) is 0.163. The molecule has 1 aliphatic heterocycles. The summed E-state index contributed by atoms with van der Waals surface area (Å²) in [7, 11) is -3.97. The monoisotopic (exact) mass is 736 g/mol. The minimum Gasteiger partial charge on any atom is -0.357 e. The van der Waals surface area contributed by atoms with Crippen LogP contribution in [0.15, 0.2) is 97.2 Å². The van der Waals surface area contributed by atoms with E-state index >= 15 is 4.39 Å². The van der Waals surface area contributed by atoms with Crippen LogP contribution in [-0.2, 0) is 24.3 Å². The van der Waals surface area contributed by atoms with E-state index in [1.165, 1.54) is 18.2 Å². The molecule has 4 atom stereocenters. The number of hydrogen-bond acceptors (Lipinski definition) is 6. The number of carbonyl (C=O) groups is 2. The minimum absolute atomic E-state index is 0.0634. The van der Waals surface area contributed by atoms with Crippen molar-refractivity contribution in [2.24, 2.45) is 5.92 Å². The predicted octanol–water partition coefficient (Wildman–Crippen LogP) is 7.34. The molecule has 3 fully saturated rings. The molecule has 2 heterocycles. The van der Waals surface area contributed by atoms with Gasteiger partial charge in [-0.1, -0.05) is 65.7 Å². The second kappa shape index (κ2) is 14.3. The van der Waals surface area contributed by atoms with Gasteiger partial charge < -0.3 is 15.0 Å². The average Bonchev–Trinajstić information content (AvgIpc) is 4.02. The number of sulfonamides is 1. The Balaban J connectivity index is 1.34. The Hall–Kier alpha value is -4.03. The number of morpholine rings is 1. The highest BCUT2D eigenvalue weighted by Crippen LogP contribution is 2.49. The first-order valence-electron chi connectivity index (χ1n) is 16.6. The fourth-order valence-electron chi connectivity index (χ4n) is 6.66. The van der Waals surface area contributed by atoms with Crippen molar-refractivity contribution in [3.63, 3.8) is 0 Å². The number of aromatic nitrogens is 1. The van der Waals surface area contributed by atoms with Gasteiger partial charge in [0.25, 0.3) is 5.91 Å². The Bertz CT molecular complexity index is 1980. The fraction of sp³-hybridized carbons (Fsp3) is 0.324. The molecule has 1 saturated heterocycles. The van der Waals surface area contributed by atoms with Gasteiger partial charge in [-0.3, -0.25) is 13.9 Å². The Kier molecular flexibility index (Phi) is 9.85. The predicted molar refractivity (Wildman–Crippen MR) is 190 cm³/mol. The number of halogens is 3. The summed E-state index contributed by atoms with van der Waals surface area (Å²) in [6.45, 7) is -0.171. The largest absolute Gasteiger partial charge is 0.357 e. The van der Waals surface area contributed by atoms with Gasteiger partial charge in [-0.05, 0) is 91.3 Å². The molecule has 4 aromatic rings. The van der Waals surface area contributed by atoms with E-state index in [4.69, 9.17) is 27.9 Å². The molecule has 0 spiro atoms. The average molecular weight is 738 g/mol. The standard InChI is InChI=1S/C37H35Cl2FN4O5S/c38-26-15-13-24(14-16-26)35-36(25-6-5-7-27(39)20-25)49-32(21-34(45)42-33-10-3-4-19-41-33)37(46)44(35)31(23-11-12-23)22-43(50(47,48)28-17-18-28)30-9-2-1-8-29(30)40/h1-10,13-16,19-20,23,28,31-32,35-36H,11-12,17-18,21-22H2,(H,41,42,45)/t31-,32-,35-,36-/m1/s1. The third-order valence-electron chi connectivity index (χ3n) is 9.37. The van der Waals surface area contributed by atoms with Gasteiger partial charge in [0.1, 0.15) is 23.8 Å². The molecule has 1 aromatic heterocycles. The smallest absolute Gasteiger partial charge is 0.253 e. The number of pyridine rings is 1. The van der Waals surface area contributed by atoms with Gasteiger partial charge in [0.2, 0.25) is 15.9 Å². The van der Waals surface area contributed by atoms with Crippen LogP contribution < -0.4 is 9.62 Å². The van der Waals surface area contributed by atoms with Crippen molar-refractivity contribution in [1.29, 1.82) is 0 Å². The molecule has 3 aromatic carbocycles. The number of nitrogens with zero attached hydrogens (tertiary/aromatic N) is 3. The summed E-state index contributed by atoms with van der Waals surface area (Å²) in [6, 6.07) is 23.6. The normalized spacial score (nSPS) is 21.5. The van der Waals surface area contributed by atoms with Crippen LogP contribution in [0.5, 0.6) is 0 Å². The zero-order valence-electron chi connectivity index (χ0n) is 26.9. The Labute approximate surface area is 300 Å². The number of anilines is 2. The molecular formula is C37H35Cl2FN4O5S. The molecule has 260 valence electrons. The molecule has 13 heteroatoms. The van der Waals surface area contributed by atoms with E-state index in [0.717, 1.165) is 17.1 Å². The van der Waals surface area contributed by atoms with Gasteiger partial charge >= 0.3 is 0 Å². The Morgan fingerprint density at radius 1 is 0.940 bits per heavy atom. The molecular weight excluding hydrogens is 702 g/mol. The van der Waals surface area contributed by atoms with Gasteiger partial charge in [-0.15, -0.1) is 0 Å². The second-order valence-electron chi connectivity index (χ2n) is 12.9. The van der Waals surface area contributed by atoms with Gasteiger partial charge in [-0.2, -0.15) is 0 Å². The lowest BCUT2D eigenvalue weighted by atomic mass is 9.89. The third kappa shape index (κ3) is 7.37. The molecule has 50 heavy (non-hydrogen) atoms. The molecule has 1 N–H and O–H groups in total. The number of rotatable bonds is 12. The van der Waals surface area contributed by atoms with Gasteiger partial charge in [0.15, 0.2) is 0 Å². The summed E-state index contributed by atoms with van der Waals surface area (Å²) in [5, 5.41) is 3.05. The van der Waals surface area contributed by atoms with Crippen LogP contribution in [0.3, 0.4) is 0 Å². The van der Waals surface area contributed by atoms with Crippen molar-refractivity contribution in [3.8, 4) is 0 Å². The molecule has 2 amide bonds. The Morgan fingerprint density at radius 2 is 1.68 bits per heavy atom. The summed E-state index contributed by atoms with van der Waals surface area (Å²) in [4.78, 5) is 34.1. The number of amides is 2. The molecule has 9 nitrogen and oxygen atoms in total. The molecule has 2 aliphatic carbocycles. The first-order chi connectivity index (χ1) is 24.1. The maximum Gasteiger partial charge on any atom is 0.253 e. The summed E-state index contributed by atoms with van der Waals surface area (Å²) >= 11 is 12.8. The van der Waals surface area contributed by atoms with E-state index in [0.29, 0.717) is 39.8 Å². The van der Waals surface area contributed by atoms with Crippen molar-refractivity contribution >= 4 is 56.5 Å². The lowest BCUT2D eigenvalue weighted by Gasteiger charge is -2.49. The Morgan fingerprint density at radius 3 is 2.34 bits per heavy atom. The highest BCUT2D eigenvalue weighted by atomic mass is 35.5. The minimum atomic E-state index is -3.97. The van der Waals surface area contributed by atoms with Crippen LogP contribution in [0.1, 0.15) is 55.4 Å². The van der Waals surface area contributed by atoms with Crippen LogP contribution in [0.4, 0.5) is 15.9 Å². The van der Waals surface area contributed by atoms with Crippen LogP contribution in [0.2, 0.25) is 10.0 Å². The molecule has 0 radical (unpaired) electrons. The van der Waals surface area contributed by atoms with Gasteiger partial charge in [0, 0.05) is 16.2 Å². The number of benzene rings is 3. The zero-order valence-corrected chi connectivity index (χ0v) is 29.2. The number of para-hydroxylation sites is 1. The van der Waals surface area contributed by atoms with E-state index in [1.54, 1.807) is 65.7 Å². The van der Waals surface area contributed by atoms with Crippen LogP contribution in [0, 0.1) is 11.7 Å².